The Balaban J connectivity index is 3.73. The molecule has 0 aliphatic rings. The van der Waals surface area contributed by atoms with Crippen LogP contribution in [0.2, 0.25) is 0 Å². The van der Waals surface area contributed by atoms with Crippen LogP contribution in [0.4, 0.5) is 0 Å². The second kappa shape index (κ2) is 7.20. The molecular formula is C9H22N2O2S. The van der Waals surface area contributed by atoms with Crippen LogP contribution in [0.3, 0.4) is 0 Å². The average molecular weight is 222 g/mol. The van der Waals surface area contributed by atoms with Crippen molar-refractivity contribution in [2.45, 2.75) is 27.2 Å². The van der Waals surface area contributed by atoms with E-state index < -0.39 is 10.0 Å². The Bertz CT molecular complexity index is 227. The van der Waals surface area contributed by atoms with Gasteiger partial charge in [-0.1, -0.05) is 27.2 Å². The van der Waals surface area contributed by atoms with Crippen molar-refractivity contribution in [3.8, 4) is 0 Å². The van der Waals surface area contributed by atoms with Crippen molar-refractivity contribution >= 4 is 10.0 Å². The Hall–Kier alpha value is -0.130. The fraction of sp³-hybridized carbons (Fsp3) is 1.00. The van der Waals surface area contributed by atoms with Gasteiger partial charge in [0.15, 0.2) is 0 Å². The third kappa shape index (κ3) is 7.29. The second-order valence-corrected chi connectivity index (χ2v) is 5.39. The van der Waals surface area contributed by atoms with Crippen LogP contribution in [0.1, 0.15) is 27.2 Å². The van der Waals surface area contributed by atoms with Gasteiger partial charge >= 0.3 is 0 Å². The standard InChI is InChI=1S/C9H22N2O2S/c1-4-9(3)8-14(12,13)11-7-6-10-5-2/h9-11H,4-8H2,1-3H3. The first-order valence-corrected chi connectivity index (χ1v) is 6.85. The van der Waals surface area contributed by atoms with Crippen LogP contribution in [0.25, 0.3) is 0 Å². The maximum Gasteiger partial charge on any atom is 0.211 e. The van der Waals surface area contributed by atoms with Crippen LogP contribution in [0, 0.1) is 5.92 Å². The van der Waals surface area contributed by atoms with Crippen LogP contribution < -0.4 is 10.0 Å². The second-order valence-electron chi connectivity index (χ2n) is 3.54. The van der Waals surface area contributed by atoms with Gasteiger partial charge in [-0.25, -0.2) is 13.1 Å². The Labute approximate surface area is 87.5 Å². The summed E-state index contributed by atoms with van der Waals surface area (Å²) in [6.45, 7) is 7.98. The molecule has 0 amide bonds. The summed E-state index contributed by atoms with van der Waals surface area (Å²) in [4.78, 5) is 0. The first kappa shape index (κ1) is 13.9. The normalized spacial score (nSPS) is 14.2. The van der Waals surface area contributed by atoms with Gasteiger partial charge < -0.3 is 5.32 Å². The number of sulfonamides is 1. The summed E-state index contributed by atoms with van der Waals surface area (Å²) in [5.41, 5.74) is 0. The van der Waals surface area contributed by atoms with Gasteiger partial charge in [-0.3, -0.25) is 0 Å². The zero-order chi connectivity index (χ0) is 11.0. The minimum atomic E-state index is -3.06. The highest BCUT2D eigenvalue weighted by atomic mass is 32.2. The van der Waals surface area contributed by atoms with Crippen molar-refractivity contribution in [1.29, 1.82) is 0 Å². The quantitative estimate of drug-likeness (QED) is 0.590. The lowest BCUT2D eigenvalue weighted by atomic mass is 10.2. The number of hydrogen-bond donors (Lipinski definition) is 2. The Morgan fingerprint density at radius 3 is 2.36 bits per heavy atom. The van der Waals surface area contributed by atoms with Crippen molar-refractivity contribution in [2.24, 2.45) is 5.92 Å². The van der Waals surface area contributed by atoms with E-state index in [2.05, 4.69) is 10.0 Å². The van der Waals surface area contributed by atoms with Gasteiger partial charge in [0.1, 0.15) is 0 Å². The lowest BCUT2D eigenvalue weighted by molar-refractivity contribution is 0.550. The zero-order valence-corrected chi connectivity index (χ0v) is 10.2. The molecule has 4 nitrogen and oxygen atoms in total. The van der Waals surface area contributed by atoms with E-state index in [4.69, 9.17) is 0 Å². The molecule has 0 aliphatic heterocycles. The van der Waals surface area contributed by atoms with Crippen molar-refractivity contribution < 1.29 is 8.42 Å². The van der Waals surface area contributed by atoms with E-state index in [1.807, 2.05) is 20.8 Å². The van der Waals surface area contributed by atoms with E-state index in [9.17, 15) is 8.42 Å². The van der Waals surface area contributed by atoms with E-state index >= 15 is 0 Å². The molecule has 1 unspecified atom stereocenters. The van der Waals surface area contributed by atoms with Crippen molar-refractivity contribution in [2.75, 3.05) is 25.4 Å². The molecule has 5 heteroatoms. The SMILES string of the molecule is CCNCCNS(=O)(=O)CC(C)CC. The zero-order valence-electron chi connectivity index (χ0n) is 9.34. The van der Waals surface area contributed by atoms with Crippen LogP contribution in [-0.2, 0) is 10.0 Å². The highest BCUT2D eigenvalue weighted by molar-refractivity contribution is 7.89. The summed E-state index contributed by atoms with van der Waals surface area (Å²) in [6, 6.07) is 0. The molecule has 0 radical (unpaired) electrons. The molecule has 0 aromatic carbocycles. The average Bonchev–Trinajstić information content (AvgIpc) is 2.12. The van der Waals surface area contributed by atoms with Gasteiger partial charge in [0.2, 0.25) is 10.0 Å². The van der Waals surface area contributed by atoms with Crippen molar-refractivity contribution in [3.05, 3.63) is 0 Å². The minimum Gasteiger partial charge on any atom is -0.316 e. The summed E-state index contributed by atoms with van der Waals surface area (Å²) in [5.74, 6) is 0.460. The highest BCUT2D eigenvalue weighted by Gasteiger charge is 2.13. The molecule has 0 rings (SSSR count). The summed E-state index contributed by atoms with van der Waals surface area (Å²) in [6.07, 6.45) is 0.897. The van der Waals surface area contributed by atoms with Gasteiger partial charge in [0.25, 0.3) is 0 Å². The maximum absolute atomic E-state index is 11.4. The van der Waals surface area contributed by atoms with Gasteiger partial charge in [-0.05, 0) is 12.5 Å². The molecule has 86 valence electrons. The Kier molecular flexibility index (Phi) is 7.13. The van der Waals surface area contributed by atoms with Crippen LogP contribution >= 0.6 is 0 Å². The highest BCUT2D eigenvalue weighted by Crippen LogP contribution is 2.03. The van der Waals surface area contributed by atoms with Gasteiger partial charge in [0, 0.05) is 13.1 Å². The predicted molar refractivity (Wildman–Crippen MR) is 59.8 cm³/mol. The first-order valence-electron chi connectivity index (χ1n) is 5.19. The molecule has 0 aromatic rings. The molecule has 0 saturated carbocycles. The van der Waals surface area contributed by atoms with E-state index in [1.54, 1.807) is 0 Å². The summed E-state index contributed by atoms with van der Waals surface area (Å²) >= 11 is 0. The van der Waals surface area contributed by atoms with Crippen molar-refractivity contribution in [1.82, 2.24) is 10.0 Å². The minimum absolute atomic E-state index is 0.228. The molecule has 1 atom stereocenters. The molecule has 0 heterocycles. The first-order chi connectivity index (χ1) is 6.52. The molecule has 0 bridgehead atoms. The predicted octanol–water partition coefficient (Wildman–Crippen LogP) is 0.561. The third-order valence-electron chi connectivity index (χ3n) is 2.07. The summed E-state index contributed by atoms with van der Waals surface area (Å²) in [7, 11) is -3.06. The topological polar surface area (TPSA) is 58.2 Å². The molecule has 0 fully saturated rings. The van der Waals surface area contributed by atoms with Gasteiger partial charge in [0.05, 0.1) is 5.75 Å². The van der Waals surface area contributed by atoms with Gasteiger partial charge in [-0.15, -0.1) is 0 Å². The lowest BCUT2D eigenvalue weighted by Gasteiger charge is -2.10. The molecule has 14 heavy (non-hydrogen) atoms. The van der Waals surface area contributed by atoms with Crippen LogP contribution in [0.5, 0.6) is 0 Å². The molecule has 0 spiro atoms. The smallest absolute Gasteiger partial charge is 0.211 e. The number of rotatable bonds is 8. The van der Waals surface area contributed by atoms with E-state index in [0.29, 0.717) is 13.1 Å². The Morgan fingerprint density at radius 2 is 1.86 bits per heavy atom. The van der Waals surface area contributed by atoms with Crippen LogP contribution in [-0.4, -0.2) is 33.8 Å². The number of likely N-dealkylation sites (N-methyl/N-ethyl adjacent to an activating group) is 1. The molecular weight excluding hydrogens is 200 g/mol. The summed E-state index contributed by atoms with van der Waals surface area (Å²) in [5, 5.41) is 3.06. The third-order valence-corrected chi connectivity index (χ3v) is 3.73. The Morgan fingerprint density at radius 1 is 1.21 bits per heavy atom. The summed E-state index contributed by atoms with van der Waals surface area (Å²) < 4.78 is 25.4. The lowest BCUT2D eigenvalue weighted by Crippen LogP contribution is -2.34. The van der Waals surface area contributed by atoms with Gasteiger partial charge in [-0.2, -0.15) is 0 Å². The largest absolute Gasteiger partial charge is 0.316 e. The fourth-order valence-corrected chi connectivity index (χ4v) is 2.54. The molecule has 0 aromatic heterocycles. The van der Waals surface area contributed by atoms with E-state index in [-0.39, 0.29) is 11.7 Å². The molecule has 0 aliphatic carbocycles. The van der Waals surface area contributed by atoms with E-state index in [1.165, 1.54) is 0 Å². The monoisotopic (exact) mass is 222 g/mol. The number of nitrogens with one attached hydrogen (secondary N) is 2. The molecule has 0 saturated heterocycles. The van der Waals surface area contributed by atoms with Crippen LogP contribution in [0.15, 0.2) is 0 Å². The molecule has 2 N–H and O–H groups in total. The fourth-order valence-electron chi connectivity index (χ4n) is 1.02. The number of hydrogen-bond acceptors (Lipinski definition) is 3. The van der Waals surface area contributed by atoms with Crippen molar-refractivity contribution in [3.63, 3.8) is 0 Å². The van der Waals surface area contributed by atoms with E-state index in [0.717, 1.165) is 13.0 Å². The maximum atomic E-state index is 11.4.